The predicted molar refractivity (Wildman–Crippen MR) is 80.7 cm³/mol. The number of nitro benzene ring substituents is 1. The number of nitro groups is 1. The fourth-order valence-corrected chi connectivity index (χ4v) is 2.19. The van der Waals surface area contributed by atoms with Gasteiger partial charge in [-0.25, -0.2) is 5.06 Å². The van der Waals surface area contributed by atoms with E-state index in [2.05, 4.69) is 0 Å². The van der Waals surface area contributed by atoms with Crippen LogP contribution in [0, 0.1) is 21.4 Å². The number of aromatic hydroxyl groups is 2. The molecule has 1 aromatic rings. The second kappa shape index (κ2) is 6.77. The maximum Gasteiger partial charge on any atom is 0.433 e. The van der Waals surface area contributed by atoms with E-state index in [0.717, 1.165) is 24.3 Å². The Labute approximate surface area is 143 Å². The molecule has 0 aliphatic carbocycles. The van der Waals surface area contributed by atoms with Crippen LogP contribution in [0.25, 0.3) is 6.08 Å². The molecule has 0 unspecified atom stereocenters. The Morgan fingerprint density at radius 2 is 2.00 bits per heavy atom. The quantitative estimate of drug-likeness (QED) is 0.323. The summed E-state index contributed by atoms with van der Waals surface area (Å²) in [6.07, 6.45) is -2.14. The summed E-state index contributed by atoms with van der Waals surface area (Å²) in [6, 6.07) is 3.53. The molecule has 0 fully saturated rings. The van der Waals surface area contributed by atoms with Gasteiger partial charge in [-0.3, -0.25) is 15.3 Å². The van der Waals surface area contributed by atoms with E-state index in [4.69, 9.17) is 0 Å². The van der Waals surface area contributed by atoms with Crippen molar-refractivity contribution in [1.29, 1.82) is 5.26 Å². The van der Waals surface area contributed by atoms with Crippen molar-refractivity contribution in [3.8, 4) is 17.6 Å². The molecule has 0 aromatic heterocycles. The summed E-state index contributed by atoms with van der Waals surface area (Å²) in [5.41, 5.74) is -2.34. The Hall–Kier alpha value is -3.52. The average molecular weight is 369 g/mol. The summed E-state index contributed by atoms with van der Waals surface area (Å²) >= 11 is 0. The second-order valence-corrected chi connectivity index (χ2v) is 5.13. The number of halogens is 3. The van der Waals surface area contributed by atoms with E-state index < -0.39 is 40.5 Å². The van der Waals surface area contributed by atoms with Crippen molar-refractivity contribution in [2.75, 3.05) is 6.54 Å². The average Bonchev–Trinajstić information content (AvgIpc) is 2.54. The van der Waals surface area contributed by atoms with Crippen LogP contribution in [0.3, 0.4) is 0 Å². The Morgan fingerprint density at radius 3 is 2.50 bits per heavy atom. The summed E-state index contributed by atoms with van der Waals surface area (Å²) in [7, 11) is 0. The number of hydroxylamine groups is 2. The van der Waals surface area contributed by atoms with E-state index in [1.54, 1.807) is 6.07 Å². The number of nitriles is 1. The minimum atomic E-state index is -4.78. The van der Waals surface area contributed by atoms with E-state index >= 15 is 0 Å². The Balaban J connectivity index is 2.48. The molecular formula is C15H10F3N3O5. The molecule has 1 aromatic carbocycles. The standard InChI is InChI=1S/C15H10F3N3O5/c16-15(17,18)13-2-1-9(7-20(13)24)10(6-19)3-8-4-11(21(25)26)14(23)12(22)5-8/h1-5,22-24H,7H2. The molecule has 1 heterocycles. The van der Waals surface area contributed by atoms with Crippen molar-refractivity contribution in [1.82, 2.24) is 5.06 Å². The minimum absolute atomic E-state index is 0.0122. The third-order valence-electron chi connectivity index (χ3n) is 3.40. The predicted octanol–water partition coefficient (Wildman–Crippen LogP) is 2.99. The number of nitrogens with zero attached hydrogens (tertiary/aromatic N) is 3. The number of rotatable bonds is 3. The molecule has 0 saturated carbocycles. The lowest BCUT2D eigenvalue weighted by molar-refractivity contribution is -0.386. The van der Waals surface area contributed by atoms with Gasteiger partial charge in [0.05, 0.1) is 23.1 Å². The van der Waals surface area contributed by atoms with E-state index in [-0.39, 0.29) is 21.8 Å². The van der Waals surface area contributed by atoms with Crippen LogP contribution in [-0.4, -0.2) is 38.1 Å². The molecular weight excluding hydrogens is 359 g/mol. The molecule has 1 aliphatic heterocycles. The van der Waals surface area contributed by atoms with Gasteiger partial charge in [-0.2, -0.15) is 18.4 Å². The maximum absolute atomic E-state index is 12.7. The lowest BCUT2D eigenvalue weighted by Gasteiger charge is -2.26. The van der Waals surface area contributed by atoms with Gasteiger partial charge < -0.3 is 10.2 Å². The maximum atomic E-state index is 12.7. The summed E-state index contributed by atoms with van der Waals surface area (Å²) in [6.45, 7) is -0.642. The lowest BCUT2D eigenvalue weighted by atomic mass is 10.0. The van der Waals surface area contributed by atoms with E-state index in [1.807, 2.05) is 0 Å². The van der Waals surface area contributed by atoms with Gasteiger partial charge in [-0.15, -0.1) is 0 Å². The number of hydrogen-bond acceptors (Lipinski definition) is 7. The van der Waals surface area contributed by atoms with Crippen LogP contribution in [-0.2, 0) is 0 Å². The van der Waals surface area contributed by atoms with Gasteiger partial charge in [-0.1, -0.05) is 6.08 Å². The summed E-state index contributed by atoms with van der Waals surface area (Å²) in [5.74, 6) is -1.76. The molecule has 26 heavy (non-hydrogen) atoms. The second-order valence-electron chi connectivity index (χ2n) is 5.13. The van der Waals surface area contributed by atoms with Crippen molar-refractivity contribution in [2.45, 2.75) is 6.18 Å². The highest BCUT2D eigenvalue weighted by atomic mass is 19.4. The van der Waals surface area contributed by atoms with E-state index in [9.17, 15) is 44.0 Å². The molecule has 1 aliphatic rings. The van der Waals surface area contributed by atoms with Gasteiger partial charge in [0, 0.05) is 6.07 Å². The molecule has 3 N–H and O–H groups in total. The van der Waals surface area contributed by atoms with Crippen molar-refractivity contribution in [2.24, 2.45) is 0 Å². The van der Waals surface area contributed by atoms with Gasteiger partial charge in [0.25, 0.3) is 0 Å². The Morgan fingerprint density at radius 1 is 1.35 bits per heavy atom. The van der Waals surface area contributed by atoms with Gasteiger partial charge in [0.1, 0.15) is 5.70 Å². The summed E-state index contributed by atoms with van der Waals surface area (Å²) in [5, 5.41) is 48.4. The Kier molecular flexibility index (Phi) is 4.90. The number of phenols is 2. The summed E-state index contributed by atoms with van der Waals surface area (Å²) in [4.78, 5) is 9.89. The van der Waals surface area contributed by atoms with Gasteiger partial charge in [0.15, 0.2) is 5.75 Å². The lowest BCUT2D eigenvalue weighted by Crippen LogP contribution is -2.32. The highest BCUT2D eigenvalue weighted by molar-refractivity contribution is 5.70. The molecule has 0 bridgehead atoms. The molecule has 2 rings (SSSR count). The zero-order chi connectivity index (χ0) is 19.6. The highest BCUT2D eigenvalue weighted by Crippen LogP contribution is 2.37. The van der Waals surface area contributed by atoms with Crippen LogP contribution in [0.5, 0.6) is 11.5 Å². The number of phenolic OH excluding ortho intramolecular Hbond substituents is 2. The van der Waals surface area contributed by atoms with Crippen molar-refractivity contribution in [3.63, 3.8) is 0 Å². The number of alkyl halides is 3. The first-order chi connectivity index (χ1) is 12.0. The van der Waals surface area contributed by atoms with E-state index in [1.165, 1.54) is 0 Å². The smallest absolute Gasteiger partial charge is 0.433 e. The third-order valence-corrected chi connectivity index (χ3v) is 3.40. The highest BCUT2D eigenvalue weighted by Gasteiger charge is 2.38. The van der Waals surface area contributed by atoms with Gasteiger partial charge in [0.2, 0.25) is 5.75 Å². The molecule has 8 nitrogen and oxygen atoms in total. The molecule has 136 valence electrons. The first-order valence-electron chi connectivity index (χ1n) is 6.81. The van der Waals surface area contributed by atoms with Crippen molar-refractivity contribution in [3.05, 3.63) is 56.8 Å². The molecule has 0 radical (unpaired) electrons. The molecule has 0 amide bonds. The SMILES string of the molecule is N#CC(=Cc1cc(O)c(O)c([N+](=O)[O-])c1)C1=CC=C(C(F)(F)F)N(O)C1. The van der Waals surface area contributed by atoms with Crippen LogP contribution in [0.15, 0.2) is 41.1 Å². The molecule has 0 atom stereocenters. The van der Waals surface area contributed by atoms with Crippen LogP contribution in [0.2, 0.25) is 0 Å². The van der Waals surface area contributed by atoms with E-state index in [0.29, 0.717) is 6.08 Å². The third kappa shape index (κ3) is 3.76. The number of allylic oxidation sites excluding steroid dienone is 3. The van der Waals surface area contributed by atoms with Crippen LogP contribution in [0.1, 0.15) is 5.56 Å². The van der Waals surface area contributed by atoms with Gasteiger partial charge >= 0.3 is 11.9 Å². The van der Waals surface area contributed by atoms with Crippen LogP contribution >= 0.6 is 0 Å². The van der Waals surface area contributed by atoms with Crippen molar-refractivity contribution >= 4 is 11.8 Å². The fourth-order valence-electron chi connectivity index (χ4n) is 2.19. The van der Waals surface area contributed by atoms with Crippen LogP contribution < -0.4 is 0 Å². The topological polar surface area (TPSA) is 131 Å². The number of benzene rings is 1. The first-order valence-corrected chi connectivity index (χ1v) is 6.81. The van der Waals surface area contributed by atoms with Crippen molar-refractivity contribution < 1.29 is 33.5 Å². The molecule has 0 saturated heterocycles. The normalized spacial score (nSPS) is 15.2. The summed E-state index contributed by atoms with van der Waals surface area (Å²) < 4.78 is 38.0. The van der Waals surface area contributed by atoms with Gasteiger partial charge in [-0.05, 0) is 29.4 Å². The Bertz CT molecular complexity index is 897. The first kappa shape index (κ1) is 18.8. The monoisotopic (exact) mass is 369 g/mol. The zero-order valence-corrected chi connectivity index (χ0v) is 12.7. The molecule has 11 heteroatoms. The largest absolute Gasteiger partial charge is 0.504 e. The molecule has 0 spiro atoms. The fraction of sp³-hybridized carbons (Fsp3) is 0.133. The number of hydrogen-bond donors (Lipinski definition) is 3. The van der Waals surface area contributed by atoms with Crippen LogP contribution in [0.4, 0.5) is 18.9 Å². The minimum Gasteiger partial charge on any atom is -0.504 e. The zero-order valence-electron chi connectivity index (χ0n) is 12.7.